The van der Waals surface area contributed by atoms with Crippen LogP contribution in [0.3, 0.4) is 0 Å². The molecular weight excluding hydrogens is 270 g/mol. The van der Waals surface area contributed by atoms with Gasteiger partial charge in [0.05, 0.1) is 6.54 Å². The monoisotopic (exact) mass is 289 g/mol. The number of benzene rings is 1. The van der Waals surface area contributed by atoms with Crippen LogP contribution in [0.15, 0.2) is 35.7 Å². The number of carbonyl (C=O) groups excluding carboxylic acids is 1. The van der Waals surface area contributed by atoms with Crippen LogP contribution in [0.5, 0.6) is 0 Å². The topological polar surface area (TPSA) is 68.0 Å². The molecule has 0 bridgehead atoms. The summed E-state index contributed by atoms with van der Waals surface area (Å²) in [7, 11) is 0. The molecule has 1 aromatic carbocycles. The smallest absolute Gasteiger partial charge is 0.220 e. The number of rotatable bonds is 6. The number of amides is 1. The highest BCUT2D eigenvalue weighted by Crippen LogP contribution is 2.15. The Labute approximate surface area is 123 Å². The number of aryl methyl sites for hydroxylation is 1. The van der Waals surface area contributed by atoms with Gasteiger partial charge in [0.2, 0.25) is 5.91 Å². The molecule has 0 spiro atoms. The lowest BCUT2D eigenvalue weighted by Gasteiger charge is -2.11. The molecule has 1 aromatic heterocycles. The average Bonchev–Trinajstić information content (AvgIpc) is 2.89. The van der Waals surface area contributed by atoms with E-state index in [2.05, 4.69) is 10.3 Å². The van der Waals surface area contributed by atoms with E-state index in [0.29, 0.717) is 19.4 Å². The number of hydrogen-bond donors (Lipinski definition) is 2. The second-order valence-corrected chi connectivity index (χ2v) is 5.66. The van der Waals surface area contributed by atoms with Gasteiger partial charge in [-0.2, -0.15) is 0 Å². The highest BCUT2D eigenvalue weighted by molar-refractivity contribution is 7.09. The first-order valence-corrected chi connectivity index (χ1v) is 7.51. The maximum absolute atomic E-state index is 11.8. The van der Waals surface area contributed by atoms with Crippen LogP contribution in [0.25, 0.3) is 0 Å². The van der Waals surface area contributed by atoms with Gasteiger partial charge in [0.15, 0.2) is 0 Å². The number of hydrogen-bond acceptors (Lipinski definition) is 4. The zero-order chi connectivity index (χ0) is 14.4. The Kier molecular flexibility index (Phi) is 5.26. The quantitative estimate of drug-likeness (QED) is 0.858. The summed E-state index contributed by atoms with van der Waals surface area (Å²) in [6.07, 6.45) is 1.08. The summed E-state index contributed by atoms with van der Waals surface area (Å²) in [6.45, 7) is 2.44. The molecule has 5 heteroatoms. The van der Waals surface area contributed by atoms with Crippen LogP contribution >= 0.6 is 11.3 Å². The van der Waals surface area contributed by atoms with E-state index in [9.17, 15) is 4.79 Å². The van der Waals surface area contributed by atoms with Crippen LogP contribution < -0.4 is 11.1 Å². The summed E-state index contributed by atoms with van der Waals surface area (Å²) in [5.41, 5.74) is 8.12. The van der Waals surface area contributed by atoms with Crippen molar-refractivity contribution < 1.29 is 4.79 Å². The molecule has 1 unspecified atom stereocenters. The molecule has 1 heterocycles. The second-order valence-electron chi connectivity index (χ2n) is 4.72. The summed E-state index contributed by atoms with van der Waals surface area (Å²) in [4.78, 5) is 16.1. The van der Waals surface area contributed by atoms with Gasteiger partial charge in [0, 0.05) is 23.5 Å². The van der Waals surface area contributed by atoms with Crippen LogP contribution in [-0.4, -0.2) is 10.9 Å². The van der Waals surface area contributed by atoms with Crippen LogP contribution in [0, 0.1) is 6.92 Å². The standard InChI is InChI=1S/C15H19N3OS/c1-11-10-20-15(18-11)9-17-14(19)8-7-13(16)12-5-3-2-4-6-12/h2-6,10,13H,7-9,16H2,1H3,(H,17,19). The van der Waals surface area contributed by atoms with Gasteiger partial charge in [-0.15, -0.1) is 11.3 Å². The number of nitrogens with zero attached hydrogens (tertiary/aromatic N) is 1. The predicted octanol–water partition coefficient (Wildman–Crippen LogP) is 2.55. The molecule has 4 nitrogen and oxygen atoms in total. The molecule has 0 saturated carbocycles. The SMILES string of the molecule is Cc1csc(CNC(=O)CCC(N)c2ccccc2)n1. The Hall–Kier alpha value is -1.72. The molecule has 106 valence electrons. The summed E-state index contributed by atoms with van der Waals surface area (Å²) in [5, 5.41) is 5.79. The van der Waals surface area contributed by atoms with Crippen molar-refractivity contribution in [2.75, 3.05) is 0 Å². The van der Waals surface area contributed by atoms with Crippen molar-refractivity contribution in [1.29, 1.82) is 0 Å². The molecule has 2 aromatic rings. The van der Waals surface area contributed by atoms with E-state index in [1.165, 1.54) is 0 Å². The number of nitrogens with two attached hydrogens (primary N) is 1. The fourth-order valence-corrected chi connectivity index (χ4v) is 2.61. The third-order valence-electron chi connectivity index (χ3n) is 3.01. The van der Waals surface area contributed by atoms with Gasteiger partial charge in [-0.05, 0) is 18.9 Å². The van der Waals surface area contributed by atoms with Gasteiger partial charge in [-0.3, -0.25) is 4.79 Å². The van der Waals surface area contributed by atoms with E-state index in [1.54, 1.807) is 11.3 Å². The van der Waals surface area contributed by atoms with Gasteiger partial charge in [-0.25, -0.2) is 4.98 Å². The van der Waals surface area contributed by atoms with Gasteiger partial charge in [-0.1, -0.05) is 30.3 Å². The number of aromatic nitrogens is 1. The third kappa shape index (κ3) is 4.43. The molecule has 1 atom stereocenters. The average molecular weight is 289 g/mol. The molecule has 0 fully saturated rings. The van der Waals surface area contributed by atoms with Crippen molar-refractivity contribution in [3.8, 4) is 0 Å². The highest BCUT2D eigenvalue weighted by Gasteiger charge is 2.09. The predicted molar refractivity (Wildman–Crippen MR) is 81.3 cm³/mol. The van der Waals surface area contributed by atoms with Crippen LogP contribution in [0.4, 0.5) is 0 Å². The normalized spacial score (nSPS) is 12.1. The molecule has 0 aliphatic carbocycles. The lowest BCUT2D eigenvalue weighted by molar-refractivity contribution is -0.121. The second kappa shape index (κ2) is 7.17. The summed E-state index contributed by atoms with van der Waals surface area (Å²) in [5.74, 6) is 0.0178. The number of thiazole rings is 1. The molecular formula is C15H19N3OS. The Morgan fingerprint density at radius 2 is 2.15 bits per heavy atom. The molecule has 2 rings (SSSR count). The third-order valence-corrected chi connectivity index (χ3v) is 3.98. The van der Waals surface area contributed by atoms with Crippen molar-refractivity contribution in [2.24, 2.45) is 5.73 Å². The molecule has 20 heavy (non-hydrogen) atoms. The molecule has 0 radical (unpaired) electrons. The van der Waals surface area contributed by atoms with Crippen LogP contribution in [0.1, 0.15) is 35.1 Å². The number of carbonyl (C=O) groups is 1. The van der Waals surface area contributed by atoms with Gasteiger partial charge in [0.25, 0.3) is 0 Å². The van der Waals surface area contributed by atoms with Gasteiger partial charge < -0.3 is 11.1 Å². The van der Waals surface area contributed by atoms with Crippen molar-refractivity contribution in [3.63, 3.8) is 0 Å². The maximum atomic E-state index is 11.8. The van der Waals surface area contributed by atoms with Gasteiger partial charge >= 0.3 is 0 Å². The Bertz CT molecular complexity index is 553. The fraction of sp³-hybridized carbons (Fsp3) is 0.333. The van der Waals surface area contributed by atoms with Crippen molar-refractivity contribution >= 4 is 17.2 Å². The minimum absolute atomic E-state index is 0.0178. The van der Waals surface area contributed by atoms with E-state index in [0.717, 1.165) is 16.3 Å². The lowest BCUT2D eigenvalue weighted by atomic mass is 10.0. The van der Waals surface area contributed by atoms with E-state index in [4.69, 9.17) is 5.73 Å². The van der Waals surface area contributed by atoms with E-state index in [1.807, 2.05) is 42.6 Å². The molecule has 0 saturated heterocycles. The zero-order valence-electron chi connectivity index (χ0n) is 11.5. The summed E-state index contributed by atoms with van der Waals surface area (Å²) < 4.78 is 0. The molecule has 1 amide bonds. The summed E-state index contributed by atoms with van der Waals surface area (Å²) >= 11 is 1.56. The van der Waals surface area contributed by atoms with E-state index >= 15 is 0 Å². The van der Waals surface area contributed by atoms with E-state index < -0.39 is 0 Å². The lowest BCUT2D eigenvalue weighted by Crippen LogP contribution is -2.24. The Morgan fingerprint density at radius 1 is 1.40 bits per heavy atom. The largest absolute Gasteiger partial charge is 0.350 e. The minimum Gasteiger partial charge on any atom is -0.350 e. The number of nitrogens with one attached hydrogen (secondary N) is 1. The first kappa shape index (κ1) is 14.7. The zero-order valence-corrected chi connectivity index (χ0v) is 12.3. The fourth-order valence-electron chi connectivity index (χ4n) is 1.90. The van der Waals surface area contributed by atoms with Gasteiger partial charge in [0.1, 0.15) is 5.01 Å². The van der Waals surface area contributed by atoms with E-state index in [-0.39, 0.29) is 11.9 Å². The Balaban J connectivity index is 1.72. The van der Waals surface area contributed by atoms with Crippen LogP contribution in [-0.2, 0) is 11.3 Å². The van der Waals surface area contributed by atoms with Crippen molar-refractivity contribution in [1.82, 2.24) is 10.3 Å². The molecule has 0 aliphatic heterocycles. The molecule has 3 N–H and O–H groups in total. The first-order chi connectivity index (χ1) is 9.65. The van der Waals surface area contributed by atoms with Crippen molar-refractivity contribution in [2.45, 2.75) is 32.4 Å². The summed E-state index contributed by atoms with van der Waals surface area (Å²) in [6, 6.07) is 9.75. The van der Waals surface area contributed by atoms with Crippen LogP contribution in [0.2, 0.25) is 0 Å². The highest BCUT2D eigenvalue weighted by atomic mass is 32.1. The minimum atomic E-state index is -0.0935. The Morgan fingerprint density at radius 3 is 2.80 bits per heavy atom. The first-order valence-electron chi connectivity index (χ1n) is 6.63. The maximum Gasteiger partial charge on any atom is 0.220 e. The van der Waals surface area contributed by atoms with Crippen molar-refractivity contribution in [3.05, 3.63) is 52.0 Å². The molecule has 0 aliphatic rings.